The van der Waals surface area contributed by atoms with Crippen LogP contribution in [0.25, 0.3) is 5.52 Å². The fourth-order valence-corrected chi connectivity index (χ4v) is 2.72. The van der Waals surface area contributed by atoms with Crippen molar-refractivity contribution in [2.45, 2.75) is 6.92 Å². The summed E-state index contributed by atoms with van der Waals surface area (Å²) in [6.07, 6.45) is 1.90. The van der Waals surface area contributed by atoms with Gasteiger partial charge >= 0.3 is 5.97 Å². The van der Waals surface area contributed by atoms with Crippen molar-refractivity contribution < 1.29 is 9.53 Å². The Morgan fingerprint density at radius 1 is 1.62 bits per heavy atom. The zero-order valence-corrected chi connectivity index (χ0v) is 11.4. The van der Waals surface area contributed by atoms with Crippen LogP contribution >= 0.6 is 22.6 Å². The van der Waals surface area contributed by atoms with Crippen LogP contribution in [0.3, 0.4) is 0 Å². The van der Waals surface area contributed by atoms with Gasteiger partial charge < -0.3 is 4.74 Å². The van der Waals surface area contributed by atoms with E-state index in [4.69, 9.17) is 4.74 Å². The summed E-state index contributed by atoms with van der Waals surface area (Å²) in [6, 6.07) is 2.02. The van der Waals surface area contributed by atoms with E-state index in [0.29, 0.717) is 11.3 Å². The minimum absolute atomic E-state index is 0.339. The van der Waals surface area contributed by atoms with Crippen LogP contribution in [0.4, 0.5) is 0 Å². The molecule has 2 aromatic rings. The summed E-state index contributed by atoms with van der Waals surface area (Å²) in [5, 5.41) is 4.31. The molecule has 16 heavy (non-hydrogen) atoms. The molecule has 0 N–H and O–H groups in total. The van der Waals surface area contributed by atoms with Gasteiger partial charge in [-0.2, -0.15) is 5.10 Å². The average Bonchev–Trinajstić information content (AvgIpc) is 2.53. The first kappa shape index (κ1) is 11.4. The highest BCUT2D eigenvalue weighted by atomic mass is 127. The number of aromatic nitrogens is 2. The van der Waals surface area contributed by atoms with E-state index in [9.17, 15) is 4.79 Å². The molecule has 0 saturated heterocycles. The van der Waals surface area contributed by atoms with Crippen molar-refractivity contribution in [3.63, 3.8) is 0 Å². The molecule has 0 amide bonds. The van der Waals surface area contributed by atoms with Gasteiger partial charge in [0.05, 0.1) is 18.3 Å². The van der Waals surface area contributed by atoms with Gasteiger partial charge in [0.15, 0.2) is 0 Å². The molecule has 0 spiro atoms. The SMILES string of the molecule is Bc1cc(I)c2c(C(=O)OC)c(C)nn2c1. The number of carbonyl (C=O) groups is 1. The first-order valence-electron chi connectivity index (χ1n) is 4.78. The number of aryl methyl sites for hydroxylation is 1. The highest BCUT2D eigenvalue weighted by Crippen LogP contribution is 2.20. The Balaban J connectivity index is 2.84. The molecule has 0 fully saturated rings. The van der Waals surface area contributed by atoms with Crippen LogP contribution in [-0.4, -0.2) is 30.5 Å². The number of methoxy groups -OCH3 is 1. The molecule has 0 saturated carbocycles. The smallest absolute Gasteiger partial charge is 0.342 e. The molecule has 0 unspecified atom stereocenters. The van der Waals surface area contributed by atoms with E-state index in [1.165, 1.54) is 7.11 Å². The van der Waals surface area contributed by atoms with Crippen LogP contribution in [0.2, 0.25) is 0 Å². The molecular formula is C10H10BIN2O2. The normalized spacial score (nSPS) is 10.7. The first-order valence-corrected chi connectivity index (χ1v) is 5.86. The van der Waals surface area contributed by atoms with Crippen LogP contribution < -0.4 is 5.46 Å². The summed E-state index contributed by atoms with van der Waals surface area (Å²) >= 11 is 2.20. The number of ether oxygens (including phenoxy) is 1. The van der Waals surface area contributed by atoms with Crippen LogP contribution in [-0.2, 0) is 4.74 Å². The van der Waals surface area contributed by atoms with E-state index in [0.717, 1.165) is 14.5 Å². The van der Waals surface area contributed by atoms with E-state index >= 15 is 0 Å². The van der Waals surface area contributed by atoms with E-state index in [1.807, 2.05) is 27.0 Å². The van der Waals surface area contributed by atoms with E-state index in [-0.39, 0.29) is 5.97 Å². The lowest BCUT2D eigenvalue weighted by Gasteiger charge is -2.02. The van der Waals surface area contributed by atoms with Crippen LogP contribution in [0.5, 0.6) is 0 Å². The van der Waals surface area contributed by atoms with Crippen molar-refractivity contribution in [2.24, 2.45) is 0 Å². The second kappa shape index (κ2) is 4.08. The van der Waals surface area contributed by atoms with E-state index < -0.39 is 0 Å². The van der Waals surface area contributed by atoms with Crippen LogP contribution in [0, 0.1) is 10.5 Å². The molecule has 2 heterocycles. The lowest BCUT2D eigenvalue weighted by molar-refractivity contribution is 0.0602. The van der Waals surface area contributed by atoms with Gasteiger partial charge in [-0.1, -0.05) is 11.5 Å². The summed E-state index contributed by atoms with van der Waals surface area (Å²) in [5.74, 6) is -0.339. The van der Waals surface area contributed by atoms with Gasteiger partial charge in [-0.15, -0.1) is 0 Å². The molecule has 0 aromatic carbocycles. The zero-order valence-electron chi connectivity index (χ0n) is 9.24. The predicted octanol–water partition coefficient (Wildman–Crippen LogP) is 0.292. The monoisotopic (exact) mass is 328 g/mol. The number of nitrogens with zero attached hydrogens (tertiary/aromatic N) is 2. The molecule has 0 aliphatic rings. The number of fused-ring (bicyclic) bond motifs is 1. The van der Waals surface area contributed by atoms with Crippen molar-refractivity contribution in [2.75, 3.05) is 7.11 Å². The van der Waals surface area contributed by atoms with E-state index in [2.05, 4.69) is 27.7 Å². The second-order valence-electron chi connectivity index (χ2n) is 3.61. The number of esters is 1. The van der Waals surface area contributed by atoms with E-state index in [1.54, 1.807) is 4.52 Å². The molecule has 2 aromatic heterocycles. The first-order chi connectivity index (χ1) is 7.54. The standard InChI is InChI=1S/C10H10BIN2O2/c1-5-8(10(15)16-2)9-7(12)3-6(11)4-14(9)13-5/h3-4H,11H2,1-2H3. The number of pyridine rings is 1. The van der Waals surface area contributed by atoms with Crippen LogP contribution in [0.1, 0.15) is 16.1 Å². The van der Waals surface area contributed by atoms with Gasteiger partial charge in [-0.25, -0.2) is 9.31 Å². The molecule has 0 aliphatic carbocycles. The Kier molecular flexibility index (Phi) is 2.92. The second-order valence-corrected chi connectivity index (χ2v) is 4.77. The van der Waals surface area contributed by atoms with Crippen molar-refractivity contribution in [1.29, 1.82) is 0 Å². The quantitative estimate of drug-likeness (QED) is 0.430. The Labute approximate surface area is 108 Å². The summed E-state index contributed by atoms with van der Waals surface area (Å²) < 4.78 is 7.51. The van der Waals surface area contributed by atoms with Crippen LogP contribution in [0.15, 0.2) is 12.3 Å². The summed E-state index contributed by atoms with van der Waals surface area (Å²) in [4.78, 5) is 11.7. The van der Waals surface area contributed by atoms with Gasteiger partial charge in [0.1, 0.15) is 13.4 Å². The van der Waals surface area contributed by atoms with Gasteiger partial charge in [-0.3, -0.25) is 0 Å². The number of halogens is 1. The molecule has 6 heteroatoms. The molecule has 4 nitrogen and oxygen atoms in total. The largest absolute Gasteiger partial charge is 0.465 e. The third-order valence-electron chi connectivity index (χ3n) is 2.38. The number of hydrogen-bond donors (Lipinski definition) is 0. The molecule has 0 atom stereocenters. The maximum atomic E-state index is 11.7. The topological polar surface area (TPSA) is 43.6 Å². The molecular weight excluding hydrogens is 318 g/mol. The molecule has 0 bridgehead atoms. The fourth-order valence-electron chi connectivity index (χ4n) is 1.71. The highest BCUT2D eigenvalue weighted by molar-refractivity contribution is 14.1. The maximum absolute atomic E-state index is 11.7. The minimum atomic E-state index is -0.339. The van der Waals surface area contributed by atoms with Crippen molar-refractivity contribution in [3.8, 4) is 0 Å². The number of rotatable bonds is 1. The lowest BCUT2D eigenvalue weighted by atomic mass is 9.99. The van der Waals surface area contributed by atoms with Gasteiger partial charge in [0, 0.05) is 9.77 Å². The number of hydrogen-bond acceptors (Lipinski definition) is 3. The third kappa shape index (κ3) is 1.70. The van der Waals surface area contributed by atoms with Crippen molar-refractivity contribution in [1.82, 2.24) is 9.61 Å². The third-order valence-corrected chi connectivity index (χ3v) is 3.20. The predicted molar refractivity (Wildman–Crippen MR) is 72.2 cm³/mol. The average molecular weight is 328 g/mol. The molecule has 0 aliphatic heterocycles. The maximum Gasteiger partial charge on any atom is 0.342 e. The number of carbonyl (C=O) groups excluding carboxylic acids is 1. The summed E-state index contributed by atoms with van der Waals surface area (Å²) in [7, 11) is 3.38. The molecule has 82 valence electrons. The summed E-state index contributed by atoms with van der Waals surface area (Å²) in [6.45, 7) is 1.81. The molecule has 0 radical (unpaired) electrons. The Bertz CT molecular complexity index is 580. The fraction of sp³-hybridized carbons (Fsp3) is 0.200. The lowest BCUT2D eigenvalue weighted by Crippen LogP contribution is -2.09. The van der Waals surface area contributed by atoms with Gasteiger partial charge in [0.25, 0.3) is 0 Å². The molecule has 2 rings (SSSR count). The highest BCUT2D eigenvalue weighted by Gasteiger charge is 2.19. The van der Waals surface area contributed by atoms with Crippen molar-refractivity contribution in [3.05, 3.63) is 27.1 Å². The summed E-state index contributed by atoms with van der Waals surface area (Å²) in [5.41, 5.74) is 3.16. The Morgan fingerprint density at radius 3 is 2.94 bits per heavy atom. The minimum Gasteiger partial charge on any atom is -0.465 e. The van der Waals surface area contributed by atoms with Gasteiger partial charge in [-0.05, 0) is 29.5 Å². The Hall–Kier alpha value is -1.05. The zero-order chi connectivity index (χ0) is 11.9. The van der Waals surface area contributed by atoms with Gasteiger partial charge in [0.2, 0.25) is 0 Å². The van der Waals surface area contributed by atoms with Crippen molar-refractivity contribution >= 4 is 47.4 Å². The Morgan fingerprint density at radius 2 is 2.31 bits per heavy atom.